The molecule has 3 heterocycles. The van der Waals surface area contributed by atoms with Gasteiger partial charge in [0.1, 0.15) is 0 Å². The largest absolute Gasteiger partial charge is 0.310 e. The van der Waals surface area contributed by atoms with Crippen molar-refractivity contribution in [2.24, 2.45) is 0 Å². The van der Waals surface area contributed by atoms with Crippen molar-refractivity contribution in [3.8, 4) is 27.9 Å². The van der Waals surface area contributed by atoms with Crippen molar-refractivity contribution in [3.05, 3.63) is 180 Å². The van der Waals surface area contributed by atoms with Crippen LogP contribution in [-0.4, -0.2) is 4.57 Å². The molecular formula is C48H38N2. The number of fused-ring (bicyclic) bond motifs is 7. The van der Waals surface area contributed by atoms with Gasteiger partial charge in [-0.05, 0) is 99.1 Å². The summed E-state index contributed by atoms with van der Waals surface area (Å²) >= 11 is 0. The second-order valence-corrected chi connectivity index (χ2v) is 15.0. The maximum absolute atomic E-state index is 2.50. The van der Waals surface area contributed by atoms with Gasteiger partial charge in [-0.1, -0.05) is 131 Å². The van der Waals surface area contributed by atoms with E-state index in [1.54, 1.807) is 0 Å². The summed E-state index contributed by atoms with van der Waals surface area (Å²) in [5, 5.41) is 2.62. The summed E-state index contributed by atoms with van der Waals surface area (Å²) in [7, 11) is 0. The van der Waals surface area contributed by atoms with Crippen LogP contribution in [0.25, 0.3) is 49.7 Å². The topological polar surface area (TPSA) is 8.17 Å². The monoisotopic (exact) mass is 642 g/mol. The summed E-state index contributed by atoms with van der Waals surface area (Å²) in [5.41, 5.74) is 17.6. The number of aromatic nitrogens is 1. The van der Waals surface area contributed by atoms with Crippen molar-refractivity contribution in [1.29, 1.82) is 0 Å². The summed E-state index contributed by atoms with van der Waals surface area (Å²) in [6.07, 6.45) is 0. The Bertz CT molecular complexity index is 2640. The average molecular weight is 643 g/mol. The summed E-state index contributed by atoms with van der Waals surface area (Å²) in [6, 6.07) is 58.5. The van der Waals surface area contributed by atoms with E-state index in [1.165, 1.54) is 89.1 Å². The zero-order valence-corrected chi connectivity index (χ0v) is 28.9. The van der Waals surface area contributed by atoms with E-state index in [4.69, 9.17) is 0 Å². The van der Waals surface area contributed by atoms with Gasteiger partial charge in [-0.3, -0.25) is 0 Å². The number of nitrogens with zero attached hydrogens (tertiary/aromatic N) is 2. The van der Waals surface area contributed by atoms with Crippen LogP contribution in [-0.2, 0) is 10.8 Å². The summed E-state index contributed by atoms with van der Waals surface area (Å²) < 4.78 is 2.50. The van der Waals surface area contributed by atoms with Crippen LogP contribution in [0.2, 0.25) is 0 Å². The van der Waals surface area contributed by atoms with E-state index in [2.05, 4.69) is 195 Å². The van der Waals surface area contributed by atoms with Gasteiger partial charge >= 0.3 is 0 Å². The Hall–Kier alpha value is -5.86. The predicted octanol–water partition coefficient (Wildman–Crippen LogP) is 12.9. The van der Waals surface area contributed by atoms with Crippen LogP contribution in [0.1, 0.15) is 49.9 Å². The molecule has 0 unspecified atom stereocenters. The van der Waals surface area contributed by atoms with E-state index in [0.29, 0.717) is 0 Å². The fraction of sp³-hybridized carbons (Fsp3) is 0.125. The Balaban J connectivity index is 1.17. The number of anilines is 3. The van der Waals surface area contributed by atoms with Crippen molar-refractivity contribution < 1.29 is 0 Å². The van der Waals surface area contributed by atoms with Crippen molar-refractivity contribution in [3.63, 3.8) is 0 Å². The molecule has 10 rings (SSSR count). The molecule has 50 heavy (non-hydrogen) atoms. The first-order valence-corrected chi connectivity index (χ1v) is 17.7. The van der Waals surface area contributed by atoms with Crippen molar-refractivity contribution in [1.82, 2.24) is 4.57 Å². The van der Waals surface area contributed by atoms with E-state index in [-0.39, 0.29) is 10.8 Å². The minimum atomic E-state index is -0.222. The lowest BCUT2D eigenvalue weighted by atomic mass is 9.72. The molecule has 0 aliphatic carbocycles. The number of rotatable bonds is 3. The Morgan fingerprint density at radius 3 is 1.66 bits per heavy atom. The lowest BCUT2D eigenvalue weighted by Gasteiger charge is -2.42. The Morgan fingerprint density at radius 2 is 0.940 bits per heavy atom. The van der Waals surface area contributed by atoms with E-state index < -0.39 is 0 Å². The summed E-state index contributed by atoms with van der Waals surface area (Å²) in [6.45, 7) is 9.50. The van der Waals surface area contributed by atoms with Crippen LogP contribution in [0.4, 0.5) is 17.1 Å². The number of para-hydroxylation sites is 3. The summed E-state index contributed by atoms with van der Waals surface area (Å²) in [4.78, 5) is 2.45. The van der Waals surface area contributed by atoms with Gasteiger partial charge in [-0.2, -0.15) is 0 Å². The SMILES string of the molecule is CC1(C)c2cc(-c3ccccc3)ccc2N(c2ccccc2)c2ccc(-c3ccc4c(c3)c3cccc5c3n4-c3ccccc3C5(C)C)cc21. The second-order valence-electron chi connectivity index (χ2n) is 15.0. The average Bonchev–Trinajstić information content (AvgIpc) is 3.49. The van der Waals surface area contributed by atoms with Crippen LogP contribution in [0.3, 0.4) is 0 Å². The third-order valence-electron chi connectivity index (χ3n) is 11.6. The number of benzene rings is 7. The minimum Gasteiger partial charge on any atom is -0.310 e. The Labute approximate surface area is 293 Å². The zero-order valence-electron chi connectivity index (χ0n) is 28.9. The molecule has 2 nitrogen and oxygen atoms in total. The van der Waals surface area contributed by atoms with Crippen LogP contribution < -0.4 is 4.90 Å². The Morgan fingerprint density at radius 1 is 0.380 bits per heavy atom. The molecule has 0 atom stereocenters. The van der Waals surface area contributed by atoms with Crippen LogP contribution in [0, 0.1) is 0 Å². The fourth-order valence-corrected chi connectivity index (χ4v) is 8.93. The van der Waals surface area contributed by atoms with Crippen LogP contribution in [0.15, 0.2) is 158 Å². The molecule has 0 amide bonds. The molecule has 0 spiro atoms. The third-order valence-corrected chi connectivity index (χ3v) is 11.6. The van der Waals surface area contributed by atoms with Crippen LogP contribution in [0.5, 0.6) is 0 Å². The summed E-state index contributed by atoms with van der Waals surface area (Å²) in [5.74, 6) is 0. The van der Waals surface area contributed by atoms with Crippen molar-refractivity contribution in [2.45, 2.75) is 38.5 Å². The highest BCUT2D eigenvalue weighted by atomic mass is 15.2. The maximum Gasteiger partial charge on any atom is 0.0582 e. The van der Waals surface area contributed by atoms with Gasteiger partial charge in [0.05, 0.1) is 28.1 Å². The van der Waals surface area contributed by atoms with E-state index in [1.807, 2.05) is 0 Å². The molecule has 0 bridgehead atoms. The molecule has 2 aliphatic heterocycles. The highest BCUT2D eigenvalue weighted by molar-refractivity contribution is 6.12. The molecule has 2 aliphatic rings. The smallest absolute Gasteiger partial charge is 0.0582 e. The van der Waals surface area contributed by atoms with Crippen molar-refractivity contribution >= 4 is 38.9 Å². The standard InChI is InChI=1S/C48H38N2/c1-47(2)38-19-11-12-21-43(38)50-42-25-22-32(28-37(42)36-18-13-20-39(47)46(36)50)34-24-27-45-41(30-34)48(3,4)40-29-33(31-14-7-5-8-15-31)23-26-44(40)49(45)35-16-9-6-10-17-35/h5-30H,1-4H3. The lowest BCUT2D eigenvalue weighted by molar-refractivity contribution is 0.630. The van der Waals surface area contributed by atoms with Crippen LogP contribution >= 0.6 is 0 Å². The molecule has 240 valence electrons. The molecular weight excluding hydrogens is 605 g/mol. The molecule has 0 saturated carbocycles. The highest BCUT2D eigenvalue weighted by Gasteiger charge is 2.38. The molecule has 2 heteroatoms. The van der Waals surface area contributed by atoms with Gasteiger partial charge in [-0.15, -0.1) is 0 Å². The fourth-order valence-electron chi connectivity index (χ4n) is 8.93. The molecule has 0 saturated heterocycles. The van der Waals surface area contributed by atoms with E-state index in [9.17, 15) is 0 Å². The first kappa shape index (κ1) is 29.1. The van der Waals surface area contributed by atoms with Crippen molar-refractivity contribution in [2.75, 3.05) is 4.90 Å². The van der Waals surface area contributed by atoms with Gasteiger partial charge < -0.3 is 9.47 Å². The molecule has 8 aromatic rings. The first-order valence-electron chi connectivity index (χ1n) is 17.7. The van der Waals surface area contributed by atoms with Gasteiger partial charge in [-0.25, -0.2) is 0 Å². The normalized spacial score (nSPS) is 15.1. The molecule has 0 fully saturated rings. The minimum absolute atomic E-state index is 0.0747. The quantitative estimate of drug-likeness (QED) is 0.186. The third kappa shape index (κ3) is 3.96. The highest BCUT2D eigenvalue weighted by Crippen LogP contribution is 2.54. The molecule has 7 aromatic carbocycles. The molecule has 1 aromatic heterocycles. The molecule has 0 N–H and O–H groups in total. The maximum atomic E-state index is 2.50. The predicted molar refractivity (Wildman–Crippen MR) is 211 cm³/mol. The lowest BCUT2D eigenvalue weighted by Crippen LogP contribution is -2.30. The van der Waals surface area contributed by atoms with E-state index in [0.717, 1.165) is 0 Å². The number of hydrogen-bond acceptors (Lipinski definition) is 1. The first-order chi connectivity index (χ1) is 24.3. The zero-order chi connectivity index (χ0) is 33.8. The number of hydrogen-bond donors (Lipinski definition) is 0. The Kier molecular flexibility index (Phi) is 6.01. The van der Waals surface area contributed by atoms with E-state index >= 15 is 0 Å². The van der Waals surface area contributed by atoms with Gasteiger partial charge in [0, 0.05) is 27.3 Å². The van der Waals surface area contributed by atoms with Gasteiger partial charge in [0.2, 0.25) is 0 Å². The van der Waals surface area contributed by atoms with Gasteiger partial charge in [0.15, 0.2) is 0 Å². The van der Waals surface area contributed by atoms with Gasteiger partial charge in [0.25, 0.3) is 0 Å². The molecule has 0 radical (unpaired) electrons. The second kappa shape index (κ2) is 10.3.